The molecule has 9 heteroatoms. The van der Waals surface area contributed by atoms with Gasteiger partial charge in [0.15, 0.2) is 0 Å². The Labute approximate surface area is 174 Å². The molecule has 7 nitrogen and oxygen atoms in total. The zero-order valence-electron chi connectivity index (χ0n) is 14.6. The first-order valence-corrected chi connectivity index (χ1v) is 8.86. The zero-order chi connectivity index (χ0) is 21.0. The van der Waals surface area contributed by atoms with Gasteiger partial charge in [0.25, 0.3) is 11.6 Å². The smallest absolute Gasteiger partial charge is 0.271 e. The number of benzene rings is 2. The SMILES string of the molecule is N#C/C(=C\c1ccc(-c2c(Cl)cccc2Cl)o1)C(=O)Nc1cccc([N+](=O)[O-])c1. The van der Waals surface area contributed by atoms with Crippen LogP contribution in [0.3, 0.4) is 0 Å². The zero-order valence-corrected chi connectivity index (χ0v) is 16.1. The van der Waals surface area contributed by atoms with Crippen molar-refractivity contribution in [3.05, 3.63) is 86.1 Å². The minimum absolute atomic E-state index is 0.183. The average Bonchev–Trinajstić information content (AvgIpc) is 3.14. The van der Waals surface area contributed by atoms with Crippen LogP contribution in [0.1, 0.15) is 5.76 Å². The monoisotopic (exact) mass is 427 g/mol. The molecule has 3 aromatic rings. The maximum atomic E-state index is 12.4. The first kappa shape index (κ1) is 20.1. The number of nitriles is 1. The summed E-state index contributed by atoms with van der Waals surface area (Å²) >= 11 is 12.3. The number of furan rings is 1. The molecule has 2 aromatic carbocycles. The molecule has 0 aliphatic carbocycles. The van der Waals surface area contributed by atoms with E-state index in [9.17, 15) is 20.2 Å². The second-order valence-electron chi connectivity index (χ2n) is 5.73. The van der Waals surface area contributed by atoms with Gasteiger partial charge in [0.1, 0.15) is 23.2 Å². The maximum absolute atomic E-state index is 12.4. The summed E-state index contributed by atoms with van der Waals surface area (Å²) in [4.78, 5) is 22.6. The fourth-order valence-corrected chi connectivity index (χ4v) is 3.07. The largest absolute Gasteiger partial charge is 0.457 e. The average molecular weight is 428 g/mol. The first-order chi connectivity index (χ1) is 13.9. The molecule has 1 N–H and O–H groups in total. The first-order valence-electron chi connectivity index (χ1n) is 8.11. The van der Waals surface area contributed by atoms with E-state index >= 15 is 0 Å². The number of nitro groups is 1. The lowest BCUT2D eigenvalue weighted by molar-refractivity contribution is -0.384. The van der Waals surface area contributed by atoms with Crippen molar-refractivity contribution >= 4 is 46.6 Å². The van der Waals surface area contributed by atoms with Crippen LogP contribution in [0.5, 0.6) is 0 Å². The van der Waals surface area contributed by atoms with Crippen molar-refractivity contribution in [2.75, 3.05) is 5.32 Å². The van der Waals surface area contributed by atoms with Crippen molar-refractivity contribution in [3.8, 4) is 17.4 Å². The fraction of sp³-hybridized carbons (Fsp3) is 0. The maximum Gasteiger partial charge on any atom is 0.271 e. The number of nitro benzene ring substituents is 1. The normalized spacial score (nSPS) is 11.0. The Bertz CT molecular complexity index is 1160. The third kappa shape index (κ3) is 4.63. The Morgan fingerprint density at radius 2 is 1.83 bits per heavy atom. The number of carbonyl (C=O) groups is 1. The van der Waals surface area contributed by atoms with Gasteiger partial charge in [-0.3, -0.25) is 14.9 Å². The summed E-state index contributed by atoms with van der Waals surface area (Å²) in [5.74, 6) is -0.119. The van der Waals surface area contributed by atoms with Gasteiger partial charge in [-0.05, 0) is 30.3 Å². The quantitative estimate of drug-likeness (QED) is 0.242. The molecule has 0 atom stereocenters. The highest BCUT2D eigenvalue weighted by atomic mass is 35.5. The van der Waals surface area contributed by atoms with Crippen molar-refractivity contribution < 1.29 is 14.1 Å². The number of rotatable bonds is 5. The fourth-order valence-electron chi connectivity index (χ4n) is 2.48. The van der Waals surface area contributed by atoms with E-state index in [4.69, 9.17) is 27.6 Å². The molecule has 1 amide bonds. The van der Waals surface area contributed by atoms with Gasteiger partial charge in [0, 0.05) is 23.9 Å². The highest BCUT2D eigenvalue weighted by molar-refractivity contribution is 6.39. The van der Waals surface area contributed by atoms with Crippen LogP contribution in [-0.2, 0) is 4.79 Å². The van der Waals surface area contributed by atoms with Crippen molar-refractivity contribution in [2.45, 2.75) is 0 Å². The van der Waals surface area contributed by atoms with Gasteiger partial charge in [-0.25, -0.2) is 0 Å². The summed E-state index contributed by atoms with van der Waals surface area (Å²) in [7, 11) is 0. The van der Waals surface area contributed by atoms with Crippen molar-refractivity contribution in [2.24, 2.45) is 0 Å². The lowest BCUT2D eigenvalue weighted by atomic mass is 10.2. The van der Waals surface area contributed by atoms with Crippen molar-refractivity contribution in [1.82, 2.24) is 0 Å². The van der Waals surface area contributed by atoms with E-state index in [2.05, 4.69) is 5.32 Å². The molecule has 144 valence electrons. The Kier molecular flexibility index (Phi) is 5.98. The molecule has 0 radical (unpaired) electrons. The molecule has 0 aliphatic heterocycles. The number of non-ortho nitro benzene ring substituents is 1. The van der Waals surface area contributed by atoms with Gasteiger partial charge >= 0.3 is 0 Å². The van der Waals surface area contributed by atoms with E-state index < -0.39 is 10.8 Å². The number of carbonyl (C=O) groups excluding carboxylic acids is 1. The van der Waals surface area contributed by atoms with Gasteiger partial charge in [-0.2, -0.15) is 5.26 Å². The minimum atomic E-state index is -0.735. The number of hydrogen-bond donors (Lipinski definition) is 1. The molecular weight excluding hydrogens is 417 g/mol. The summed E-state index contributed by atoms with van der Waals surface area (Å²) in [5, 5.41) is 23.4. The molecule has 0 spiro atoms. The minimum Gasteiger partial charge on any atom is -0.457 e. The number of hydrogen-bond acceptors (Lipinski definition) is 5. The van der Waals surface area contributed by atoms with Crippen LogP contribution in [0, 0.1) is 21.4 Å². The van der Waals surface area contributed by atoms with E-state index in [1.807, 2.05) is 0 Å². The summed E-state index contributed by atoms with van der Waals surface area (Å²) in [5.41, 5.74) is 0.253. The summed E-state index contributed by atoms with van der Waals surface area (Å²) < 4.78 is 5.65. The second kappa shape index (κ2) is 8.61. The van der Waals surface area contributed by atoms with Crippen LogP contribution in [0.2, 0.25) is 10.0 Å². The standard InChI is InChI=1S/C20H11Cl2N3O4/c21-16-5-2-6-17(22)19(16)18-8-7-15(29-18)9-12(11-23)20(26)24-13-3-1-4-14(10-13)25(27)28/h1-10H,(H,24,26)/b12-9+. The number of amides is 1. The van der Waals surface area contributed by atoms with E-state index in [0.29, 0.717) is 21.4 Å². The van der Waals surface area contributed by atoms with E-state index in [1.165, 1.54) is 30.3 Å². The lowest BCUT2D eigenvalue weighted by Gasteiger charge is -2.04. The predicted molar refractivity (Wildman–Crippen MR) is 109 cm³/mol. The van der Waals surface area contributed by atoms with Gasteiger partial charge < -0.3 is 9.73 Å². The number of nitrogens with one attached hydrogen (secondary N) is 1. The molecule has 29 heavy (non-hydrogen) atoms. The van der Waals surface area contributed by atoms with Crippen LogP contribution >= 0.6 is 23.2 Å². The summed E-state index contributed by atoms with van der Waals surface area (Å²) in [6.07, 6.45) is 1.25. The molecule has 0 saturated carbocycles. The molecule has 0 unspecified atom stereocenters. The van der Waals surface area contributed by atoms with Crippen LogP contribution in [0.15, 0.2) is 64.6 Å². The van der Waals surface area contributed by atoms with Crippen LogP contribution in [0.4, 0.5) is 11.4 Å². The van der Waals surface area contributed by atoms with E-state index in [0.717, 1.165) is 0 Å². The summed E-state index contributed by atoms with van der Waals surface area (Å²) in [6, 6.07) is 15.4. The van der Waals surface area contributed by atoms with Crippen LogP contribution < -0.4 is 5.32 Å². The molecule has 3 rings (SSSR count). The van der Waals surface area contributed by atoms with Gasteiger partial charge in [-0.15, -0.1) is 0 Å². The Morgan fingerprint density at radius 1 is 1.14 bits per heavy atom. The van der Waals surface area contributed by atoms with Crippen LogP contribution in [-0.4, -0.2) is 10.8 Å². The molecule has 0 aliphatic rings. The summed E-state index contributed by atoms with van der Waals surface area (Å²) in [6.45, 7) is 0. The highest BCUT2D eigenvalue weighted by Crippen LogP contribution is 2.35. The third-order valence-corrected chi connectivity index (χ3v) is 4.43. The van der Waals surface area contributed by atoms with Gasteiger partial charge in [0.2, 0.25) is 0 Å². The van der Waals surface area contributed by atoms with Gasteiger partial charge in [-0.1, -0.05) is 35.3 Å². The number of halogens is 2. The second-order valence-corrected chi connectivity index (χ2v) is 6.54. The van der Waals surface area contributed by atoms with E-state index in [1.54, 1.807) is 36.4 Å². The molecular formula is C20H11Cl2N3O4. The molecule has 1 aromatic heterocycles. The Balaban J connectivity index is 1.84. The van der Waals surface area contributed by atoms with Crippen molar-refractivity contribution in [3.63, 3.8) is 0 Å². The molecule has 0 fully saturated rings. The molecule has 0 saturated heterocycles. The highest BCUT2D eigenvalue weighted by Gasteiger charge is 2.15. The lowest BCUT2D eigenvalue weighted by Crippen LogP contribution is -2.13. The van der Waals surface area contributed by atoms with E-state index in [-0.39, 0.29) is 22.7 Å². The topological polar surface area (TPSA) is 109 Å². The third-order valence-electron chi connectivity index (χ3n) is 3.80. The predicted octanol–water partition coefficient (Wildman–Crippen LogP) is 5.71. The Morgan fingerprint density at radius 3 is 2.48 bits per heavy atom. The molecule has 1 heterocycles. The molecule has 0 bridgehead atoms. The number of nitrogens with zero attached hydrogens (tertiary/aromatic N) is 2. The van der Waals surface area contributed by atoms with Gasteiger partial charge in [0.05, 0.1) is 20.5 Å². The van der Waals surface area contributed by atoms with Crippen molar-refractivity contribution in [1.29, 1.82) is 5.26 Å². The number of anilines is 1. The van der Waals surface area contributed by atoms with Crippen LogP contribution in [0.25, 0.3) is 17.4 Å². The Hall–Kier alpha value is -3.60.